The van der Waals surface area contributed by atoms with Gasteiger partial charge in [0.15, 0.2) is 5.84 Å². The molecule has 0 aliphatic heterocycles. The minimum absolute atomic E-state index is 0.351. The van der Waals surface area contributed by atoms with Gasteiger partial charge in [0.05, 0.1) is 0 Å². The molecule has 3 N–H and O–H groups in total. The summed E-state index contributed by atoms with van der Waals surface area (Å²) in [5, 5.41) is 6.86. The molecule has 0 aliphatic rings. The molecule has 0 rings (SSSR count). The highest BCUT2D eigenvalue weighted by molar-refractivity contribution is 6.38. The Morgan fingerprint density at radius 3 is 2.08 bits per heavy atom. The average molecular weight is 174 g/mol. The average Bonchev–Trinajstić information content (AvgIpc) is 2.03. The maximum absolute atomic E-state index is 11.0. The maximum Gasteiger partial charge on any atom is 0.252 e. The fraction of sp³-hybridized carbons (Fsp3) is 0.714. The Kier molecular flexibility index (Phi) is 5.23. The summed E-state index contributed by atoms with van der Waals surface area (Å²) < 4.78 is 9.83. The fourth-order valence-corrected chi connectivity index (χ4v) is 0.629. The van der Waals surface area contributed by atoms with Crippen molar-refractivity contribution in [2.75, 3.05) is 13.2 Å². The van der Waals surface area contributed by atoms with Crippen molar-refractivity contribution in [2.24, 2.45) is 5.73 Å². The Labute approximate surface area is 71.3 Å². The Hall–Kier alpha value is -0.940. The molecule has 0 atom stereocenters. The minimum atomic E-state index is -1.02. The van der Waals surface area contributed by atoms with E-state index in [0.717, 1.165) is 0 Å². The second-order valence-corrected chi connectivity index (χ2v) is 2.02. The topological polar surface area (TPSA) is 85.4 Å². The molecule has 0 heterocycles. The number of nitrogens with one attached hydrogen (secondary N) is 1. The first-order valence-electron chi connectivity index (χ1n) is 3.74. The molecule has 0 aliphatic carbocycles. The van der Waals surface area contributed by atoms with Crippen LogP contribution in [0.4, 0.5) is 0 Å². The molecule has 0 spiro atoms. The molecule has 5 heteroatoms. The van der Waals surface area contributed by atoms with Crippen LogP contribution in [-0.4, -0.2) is 31.1 Å². The number of ether oxygens (including phenoxy) is 2. The number of carbonyl (C=O) groups excluding carboxylic acids is 1. The van der Waals surface area contributed by atoms with E-state index in [1.54, 1.807) is 13.8 Å². The summed E-state index contributed by atoms with van der Waals surface area (Å²) in [5.74, 6) is -1.17. The highest BCUT2D eigenvalue weighted by Crippen LogP contribution is 1.96. The van der Waals surface area contributed by atoms with Gasteiger partial charge in [-0.15, -0.1) is 0 Å². The molecule has 0 amide bonds. The van der Waals surface area contributed by atoms with E-state index in [1.807, 2.05) is 0 Å². The lowest BCUT2D eigenvalue weighted by molar-refractivity contribution is -0.161. The summed E-state index contributed by atoms with van der Waals surface area (Å²) in [4.78, 5) is 11.0. The zero-order chi connectivity index (χ0) is 9.56. The summed E-state index contributed by atoms with van der Waals surface area (Å²) >= 11 is 0. The third kappa shape index (κ3) is 3.45. The Bertz CT molecular complexity index is 164. The van der Waals surface area contributed by atoms with E-state index in [2.05, 4.69) is 0 Å². The predicted octanol–water partition coefficient (Wildman–Crippen LogP) is -0.109. The van der Waals surface area contributed by atoms with Crippen molar-refractivity contribution in [1.82, 2.24) is 0 Å². The van der Waals surface area contributed by atoms with Crippen molar-refractivity contribution < 1.29 is 14.3 Å². The smallest absolute Gasteiger partial charge is 0.252 e. The van der Waals surface area contributed by atoms with E-state index in [1.165, 1.54) is 0 Å². The molecule has 0 bridgehead atoms. The molecule has 0 aromatic carbocycles. The van der Waals surface area contributed by atoms with Gasteiger partial charge in [-0.05, 0) is 13.8 Å². The first-order valence-corrected chi connectivity index (χ1v) is 3.74. The van der Waals surface area contributed by atoms with Crippen LogP contribution >= 0.6 is 0 Å². The van der Waals surface area contributed by atoms with Crippen molar-refractivity contribution in [3.05, 3.63) is 0 Å². The lowest BCUT2D eigenvalue weighted by atomic mass is 10.3. The third-order valence-corrected chi connectivity index (χ3v) is 1.12. The minimum Gasteiger partial charge on any atom is -0.381 e. The van der Waals surface area contributed by atoms with Crippen LogP contribution in [0.5, 0.6) is 0 Å². The summed E-state index contributed by atoms with van der Waals surface area (Å²) in [6.07, 6.45) is -1.02. The Morgan fingerprint density at radius 1 is 1.42 bits per heavy atom. The van der Waals surface area contributed by atoms with Crippen molar-refractivity contribution in [3.8, 4) is 0 Å². The van der Waals surface area contributed by atoms with Crippen LogP contribution in [0.1, 0.15) is 13.8 Å². The van der Waals surface area contributed by atoms with Crippen LogP contribution in [-0.2, 0) is 14.3 Å². The number of hydrogen-bond donors (Lipinski definition) is 2. The van der Waals surface area contributed by atoms with Crippen LogP contribution in [0.25, 0.3) is 0 Å². The van der Waals surface area contributed by atoms with E-state index in [4.69, 9.17) is 20.6 Å². The van der Waals surface area contributed by atoms with Gasteiger partial charge in [0.1, 0.15) is 0 Å². The molecular weight excluding hydrogens is 160 g/mol. The Morgan fingerprint density at radius 2 is 1.83 bits per heavy atom. The molecule has 0 fully saturated rings. The van der Waals surface area contributed by atoms with Gasteiger partial charge in [-0.25, -0.2) is 0 Å². The predicted molar refractivity (Wildman–Crippen MR) is 44.0 cm³/mol. The maximum atomic E-state index is 11.0. The summed E-state index contributed by atoms with van der Waals surface area (Å²) in [6, 6.07) is 0. The Balaban J connectivity index is 4.08. The van der Waals surface area contributed by atoms with Crippen LogP contribution in [0.15, 0.2) is 0 Å². The van der Waals surface area contributed by atoms with Crippen LogP contribution in [0, 0.1) is 5.41 Å². The van der Waals surface area contributed by atoms with Gasteiger partial charge >= 0.3 is 0 Å². The summed E-state index contributed by atoms with van der Waals surface area (Å²) in [7, 11) is 0. The highest BCUT2D eigenvalue weighted by atomic mass is 16.7. The monoisotopic (exact) mass is 174 g/mol. The van der Waals surface area contributed by atoms with Crippen molar-refractivity contribution in [2.45, 2.75) is 20.1 Å². The van der Waals surface area contributed by atoms with E-state index < -0.39 is 17.9 Å². The number of amidine groups is 1. The van der Waals surface area contributed by atoms with Gasteiger partial charge < -0.3 is 15.2 Å². The largest absolute Gasteiger partial charge is 0.381 e. The molecule has 0 aromatic heterocycles. The van der Waals surface area contributed by atoms with Gasteiger partial charge in [0, 0.05) is 13.2 Å². The zero-order valence-corrected chi connectivity index (χ0v) is 7.29. The SMILES string of the molecule is CCOC(OCC)C(=O)C(=N)N. The lowest BCUT2D eigenvalue weighted by Gasteiger charge is -2.13. The first-order chi connectivity index (χ1) is 5.63. The van der Waals surface area contributed by atoms with Crippen LogP contribution in [0.2, 0.25) is 0 Å². The molecule has 0 saturated heterocycles. The van der Waals surface area contributed by atoms with Gasteiger partial charge in [-0.2, -0.15) is 0 Å². The lowest BCUT2D eigenvalue weighted by Crippen LogP contribution is -2.37. The normalized spacial score (nSPS) is 10.2. The van der Waals surface area contributed by atoms with Gasteiger partial charge in [0.2, 0.25) is 6.29 Å². The van der Waals surface area contributed by atoms with Crippen LogP contribution < -0.4 is 5.73 Å². The van der Waals surface area contributed by atoms with Crippen molar-refractivity contribution in [3.63, 3.8) is 0 Å². The van der Waals surface area contributed by atoms with E-state index >= 15 is 0 Å². The van der Waals surface area contributed by atoms with Crippen LogP contribution in [0.3, 0.4) is 0 Å². The van der Waals surface area contributed by atoms with Gasteiger partial charge in [-0.3, -0.25) is 10.2 Å². The molecule has 0 radical (unpaired) electrons. The fourth-order valence-electron chi connectivity index (χ4n) is 0.629. The number of carbonyl (C=O) groups is 1. The number of ketones is 1. The molecular formula is C7H14N2O3. The second kappa shape index (κ2) is 5.68. The van der Waals surface area contributed by atoms with Crippen molar-refractivity contribution >= 4 is 11.6 Å². The first kappa shape index (κ1) is 11.1. The standard InChI is InChI=1S/C7H14N2O3/c1-3-11-7(12-4-2)5(10)6(8)9/h7H,3-4H2,1-2H3,(H3,8,9). The third-order valence-electron chi connectivity index (χ3n) is 1.12. The summed E-state index contributed by atoms with van der Waals surface area (Å²) in [6.45, 7) is 4.17. The second-order valence-electron chi connectivity index (χ2n) is 2.02. The molecule has 0 aromatic rings. The summed E-state index contributed by atoms with van der Waals surface area (Å²) in [5.41, 5.74) is 4.97. The van der Waals surface area contributed by atoms with E-state index in [0.29, 0.717) is 13.2 Å². The van der Waals surface area contributed by atoms with Gasteiger partial charge in [0.25, 0.3) is 5.78 Å². The molecule has 5 nitrogen and oxygen atoms in total. The number of rotatable bonds is 6. The quantitative estimate of drug-likeness (QED) is 0.334. The molecule has 0 saturated carbocycles. The molecule has 0 unspecified atom stereocenters. The molecule has 12 heavy (non-hydrogen) atoms. The number of hydrogen-bond acceptors (Lipinski definition) is 4. The van der Waals surface area contributed by atoms with E-state index in [-0.39, 0.29) is 0 Å². The highest BCUT2D eigenvalue weighted by Gasteiger charge is 2.20. The molecule has 70 valence electrons. The van der Waals surface area contributed by atoms with Crippen molar-refractivity contribution in [1.29, 1.82) is 5.41 Å². The zero-order valence-electron chi connectivity index (χ0n) is 7.29. The van der Waals surface area contributed by atoms with Gasteiger partial charge in [-0.1, -0.05) is 0 Å². The number of nitrogens with two attached hydrogens (primary N) is 1. The number of Topliss-reactive ketones (excluding diaryl/α,β-unsaturated/α-hetero) is 1. The van der Waals surface area contributed by atoms with E-state index in [9.17, 15) is 4.79 Å².